The van der Waals surface area contributed by atoms with Crippen LogP contribution in [-0.4, -0.2) is 24.6 Å². The molecule has 3 heteroatoms. The molecule has 0 saturated carbocycles. The topological polar surface area (TPSA) is 41.5 Å². The van der Waals surface area contributed by atoms with Crippen molar-refractivity contribution in [2.75, 3.05) is 13.1 Å². The van der Waals surface area contributed by atoms with E-state index in [4.69, 9.17) is 0 Å². The summed E-state index contributed by atoms with van der Waals surface area (Å²) in [5.74, 6) is 0.574. The minimum Gasteiger partial charge on any atom is -0.385 e. The van der Waals surface area contributed by atoms with E-state index in [9.17, 15) is 4.79 Å². The Hall–Kier alpha value is -1.38. The molecule has 0 aromatic carbocycles. The van der Waals surface area contributed by atoms with Crippen LogP contribution in [0.25, 0.3) is 0 Å². The van der Waals surface area contributed by atoms with E-state index < -0.39 is 0 Å². The summed E-state index contributed by atoms with van der Waals surface area (Å²) in [4.78, 5) is 15.7. The zero-order chi connectivity index (χ0) is 8.84. The summed E-state index contributed by atoms with van der Waals surface area (Å²) in [5.41, 5.74) is 2.99. The van der Waals surface area contributed by atoms with Gasteiger partial charge in [-0.25, -0.2) is 0 Å². The Balaban J connectivity index is 2.17. The molecule has 3 rings (SSSR count). The highest BCUT2D eigenvalue weighted by atomic mass is 16.1. The molecule has 1 aliphatic carbocycles. The number of nitrogens with one attached hydrogen (secondary N) is 1. The first-order chi connectivity index (χ1) is 6.36. The molecule has 13 heavy (non-hydrogen) atoms. The number of nitrogens with zero attached hydrogens (tertiary/aromatic N) is 1. The molecule has 2 aliphatic heterocycles. The van der Waals surface area contributed by atoms with Crippen LogP contribution < -0.4 is 5.32 Å². The summed E-state index contributed by atoms with van der Waals surface area (Å²) in [5, 5.41) is 3.30. The molecule has 0 aromatic heterocycles. The number of rotatable bonds is 0. The van der Waals surface area contributed by atoms with Crippen molar-refractivity contribution in [3.05, 3.63) is 23.4 Å². The number of carbonyl (C=O) groups is 1. The van der Waals surface area contributed by atoms with E-state index in [1.807, 2.05) is 6.08 Å². The van der Waals surface area contributed by atoms with E-state index in [-0.39, 0.29) is 5.78 Å². The summed E-state index contributed by atoms with van der Waals surface area (Å²) in [6.07, 6.45) is 4.60. The van der Waals surface area contributed by atoms with Crippen LogP contribution in [0.15, 0.2) is 28.4 Å². The monoisotopic (exact) mass is 174 g/mol. The molecular formula is C10H10N2O. The number of hydrogen-bond acceptors (Lipinski definition) is 3. The molecule has 0 spiro atoms. The van der Waals surface area contributed by atoms with Gasteiger partial charge in [-0.05, 0) is 18.6 Å². The highest BCUT2D eigenvalue weighted by Crippen LogP contribution is 2.31. The lowest BCUT2D eigenvalue weighted by molar-refractivity contribution is -0.108. The van der Waals surface area contributed by atoms with Crippen molar-refractivity contribution < 1.29 is 4.79 Å². The molecule has 66 valence electrons. The molecule has 1 atom stereocenters. The highest BCUT2D eigenvalue weighted by molar-refractivity contribution is 6.51. The Bertz CT molecular complexity index is 376. The van der Waals surface area contributed by atoms with Gasteiger partial charge in [0, 0.05) is 30.3 Å². The maximum atomic E-state index is 11.4. The first-order valence-electron chi connectivity index (χ1n) is 4.61. The Morgan fingerprint density at radius 2 is 2.38 bits per heavy atom. The van der Waals surface area contributed by atoms with Crippen LogP contribution in [0, 0.1) is 5.92 Å². The van der Waals surface area contributed by atoms with Crippen LogP contribution in [0.3, 0.4) is 0 Å². The van der Waals surface area contributed by atoms with Crippen molar-refractivity contribution in [1.82, 2.24) is 5.32 Å². The fourth-order valence-electron chi connectivity index (χ4n) is 2.23. The van der Waals surface area contributed by atoms with Gasteiger partial charge in [0.05, 0.1) is 0 Å². The van der Waals surface area contributed by atoms with E-state index in [1.165, 1.54) is 5.57 Å². The minimum atomic E-state index is 0.0740. The van der Waals surface area contributed by atoms with Crippen molar-refractivity contribution in [3.63, 3.8) is 0 Å². The van der Waals surface area contributed by atoms with Gasteiger partial charge in [0.25, 0.3) is 0 Å². The molecule has 0 fully saturated rings. The zero-order valence-electron chi connectivity index (χ0n) is 7.21. The van der Waals surface area contributed by atoms with Gasteiger partial charge < -0.3 is 5.32 Å². The number of ketones is 1. The van der Waals surface area contributed by atoms with Gasteiger partial charge in [0.15, 0.2) is 0 Å². The number of hydrogen-bond donors (Lipinski definition) is 1. The largest absolute Gasteiger partial charge is 0.385 e. The number of carbonyl (C=O) groups excluding carboxylic acids is 1. The lowest BCUT2D eigenvalue weighted by Crippen LogP contribution is -2.32. The highest BCUT2D eigenvalue weighted by Gasteiger charge is 2.34. The third kappa shape index (κ3) is 0.842. The van der Waals surface area contributed by atoms with Gasteiger partial charge in [-0.1, -0.05) is 0 Å². The van der Waals surface area contributed by atoms with Crippen molar-refractivity contribution in [3.8, 4) is 0 Å². The van der Waals surface area contributed by atoms with Crippen LogP contribution in [0.1, 0.15) is 6.42 Å². The number of allylic oxidation sites excluding steroid dienone is 2. The molecule has 1 N–H and O–H groups in total. The van der Waals surface area contributed by atoms with Crippen LogP contribution in [-0.2, 0) is 4.79 Å². The van der Waals surface area contributed by atoms with Crippen molar-refractivity contribution in [2.24, 2.45) is 10.9 Å². The van der Waals surface area contributed by atoms with Crippen molar-refractivity contribution in [2.45, 2.75) is 6.42 Å². The average Bonchev–Trinajstić information content (AvgIpc) is 2.57. The molecule has 0 saturated heterocycles. The predicted molar refractivity (Wildman–Crippen MR) is 49.6 cm³/mol. The maximum absolute atomic E-state index is 11.4. The van der Waals surface area contributed by atoms with E-state index >= 15 is 0 Å². The average molecular weight is 174 g/mol. The maximum Gasteiger partial charge on any atom is 0.204 e. The first-order valence-corrected chi connectivity index (χ1v) is 4.61. The normalized spacial score (nSPS) is 30.0. The van der Waals surface area contributed by atoms with Gasteiger partial charge in [0.1, 0.15) is 5.71 Å². The third-order valence-corrected chi connectivity index (χ3v) is 2.87. The molecular weight excluding hydrogens is 164 g/mol. The van der Waals surface area contributed by atoms with E-state index in [0.29, 0.717) is 11.6 Å². The fourth-order valence-corrected chi connectivity index (χ4v) is 2.23. The molecule has 0 radical (unpaired) electrons. The van der Waals surface area contributed by atoms with Crippen LogP contribution in [0.2, 0.25) is 0 Å². The second-order valence-corrected chi connectivity index (χ2v) is 3.63. The van der Waals surface area contributed by atoms with E-state index in [1.54, 1.807) is 6.08 Å². The van der Waals surface area contributed by atoms with Gasteiger partial charge in [-0.2, -0.15) is 0 Å². The van der Waals surface area contributed by atoms with Crippen molar-refractivity contribution in [1.29, 1.82) is 0 Å². The lowest BCUT2D eigenvalue weighted by Gasteiger charge is -2.25. The number of aliphatic imine (C=N–C) groups is 1. The molecule has 3 nitrogen and oxygen atoms in total. The summed E-state index contributed by atoms with van der Waals surface area (Å²) >= 11 is 0. The summed E-state index contributed by atoms with van der Waals surface area (Å²) < 4.78 is 0. The fraction of sp³-hybridized carbons (Fsp3) is 0.400. The summed E-state index contributed by atoms with van der Waals surface area (Å²) in [6, 6.07) is 0. The third-order valence-electron chi connectivity index (χ3n) is 2.87. The lowest BCUT2D eigenvalue weighted by atomic mass is 9.86. The smallest absolute Gasteiger partial charge is 0.204 e. The van der Waals surface area contributed by atoms with Crippen LogP contribution in [0.4, 0.5) is 0 Å². The zero-order valence-corrected chi connectivity index (χ0v) is 7.21. The van der Waals surface area contributed by atoms with Gasteiger partial charge in [-0.15, -0.1) is 0 Å². The van der Waals surface area contributed by atoms with Gasteiger partial charge in [-0.3, -0.25) is 9.79 Å². The second-order valence-electron chi connectivity index (χ2n) is 3.63. The molecule has 3 aliphatic rings. The van der Waals surface area contributed by atoms with Crippen LogP contribution in [0.5, 0.6) is 0 Å². The standard InChI is InChI=1S/C10H10N2O/c13-8-2-1-7-9-6(3-4-11-7)5-12-10(8)9/h1-2,6,11H,3-5H2. The summed E-state index contributed by atoms with van der Waals surface area (Å²) in [6.45, 7) is 1.81. The minimum absolute atomic E-state index is 0.0740. The molecule has 2 heterocycles. The molecule has 0 amide bonds. The Morgan fingerprint density at radius 3 is 3.31 bits per heavy atom. The molecule has 0 aromatic rings. The quantitative estimate of drug-likeness (QED) is 0.541. The molecule has 1 unspecified atom stereocenters. The molecule has 0 bridgehead atoms. The Labute approximate surface area is 76.2 Å². The summed E-state index contributed by atoms with van der Waals surface area (Å²) in [7, 11) is 0. The predicted octanol–water partition coefficient (Wildman–Crippen LogP) is 0.443. The van der Waals surface area contributed by atoms with Gasteiger partial charge in [0.2, 0.25) is 5.78 Å². The second kappa shape index (κ2) is 2.31. The van der Waals surface area contributed by atoms with Gasteiger partial charge >= 0.3 is 0 Å². The van der Waals surface area contributed by atoms with Crippen LogP contribution >= 0.6 is 0 Å². The SMILES string of the molecule is O=C1C=CC2=C3C1=NCC3CCN2. The first kappa shape index (κ1) is 7.06. The Kier molecular flexibility index (Phi) is 1.26. The van der Waals surface area contributed by atoms with E-state index in [0.717, 1.165) is 25.2 Å². The van der Waals surface area contributed by atoms with Crippen molar-refractivity contribution >= 4 is 11.5 Å². The Morgan fingerprint density at radius 1 is 1.46 bits per heavy atom. The van der Waals surface area contributed by atoms with E-state index in [2.05, 4.69) is 10.3 Å².